The van der Waals surface area contributed by atoms with Crippen LogP contribution in [-0.4, -0.2) is 38.1 Å². The number of sulfonamides is 1. The standard InChI is InChI=1S/C12H15NO6S/c1-3-19-12(16)8(2)13-20(17,18)10-6-4-9(5-7-10)11(14)15/h4-8,13H,3H2,1-2H3,(H,14,15). The summed E-state index contributed by atoms with van der Waals surface area (Å²) in [6.45, 7) is 3.13. The molecule has 1 aromatic carbocycles. The zero-order valence-corrected chi connectivity index (χ0v) is 11.8. The lowest BCUT2D eigenvalue weighted by Gasteiger charge is -2.13. The van der Waals surface area contributed by atoms with Gasteiger partial charge in [0.2, 0.25) is 10.0 Å². The largest absolute Gasteiger partial charge is 0.478 e. The van der Waals surface area contributed by atoms with Crippen molar-refractivity contribution < 1.29 is 27.9 Å². The van der Waals surface area contributed by atoms with E-state index in [0.29, 0.717) is 0 Å². The van der Waals surface area contributed by atoms with Gasteiger partial charge in [0.1, 0.15) is 6.04 Å². The topological polar surface area (TPSA) is 110 Å². The number of ether oxygens (including phenoxy) is 1. The first kappa shape index (κ1) is 16.1. The van der Waals surface area contributed by atoms with Crippen LogP contribution in [0.1, 0.15) is 24.2 Å². The Labute approximate surface area is 116 Å². The molecule has 8 heteroatoms. The second-order valence-corrected chi connectivity index (χ2v) is 5.64. The molecule has 1 unspecified atom stereocenters. The fourth-order valence-corrected chi connectivity index (χ4v) is 2.58. The van der Waals surface area contributed by atoms with E-state index >= 15 is 0 Å². The van der Waals surface area contributed by atoms with E-state index in [1.807, 2.05) is 0 Å². The molecule has 7 nitrogen and oxygen atoms in total. The second-order valence-electron chi connectivity index (χ2n) is 3.92. The molecule has 0 aliphatic heterocycles. The minimum atomic E-state index is -3.91. The Kier molecular flexibility index (Phi) is 5.23. The summed E-state index contributed by atoms with van der Waals surface area (Å²) < 4.78 is 30.8. The number of carbonyl (C=O) groups excluding carboxylic acids is 1. The van der Waals surface area contributed by atoms with Crippen LogP contribution in [0.15, 0.2) is 29.2 Å². The maximum Gasteiger partial charge on any atom is 0.335 e. The third-order valence-electron chi connectivity index (χ3n) is 2.38. The fraction of sp³-hybridized carbons (Fsp3) is 0.333. The lowest BCUT2D eigenvalue weighted by molar-refractivity contribution is -0.144. The molecular weight excluding hydrogens is 286 g/mol. The van der Waals surface area contributed by atoms with Gasteiger partial charge in [0.15, 0.2) is 0 Å². The van der Waals surface area contributed by atoms with E-state index in [-0.39, 0.29) is 17.1 Å². The maximum absolute atomic E-state index is 12.0. The second kappa shape index (κ2) is 6.49. The van der Waals surface area contributed by atoms with E-state index < -0.39 is 28.0 Å². The normalized spacial score (nSPS) is 12.7. The highest BCUT2D eigenvalue weighted by molar-refractivity contribution is 7.89. The number of hydrogen-bond donors (Lipinski definition) is 2. The maximum atomic E-state index is 12.0. The van der Waals surface area contributed by atoms with Crippen LogP contribution in [0.25, 0.3) is 0 Å². The molecule has 1 atom stereocenters. The Morgan fingerprint density at radius 1 is 1.30 bits per heavy atom. The van der Waals surface area contributed by atoms with Gasteiger partial charge in [-0.3, -0.25) is 4.79 Å². The number of hydrogen-bond acceptors (Lipinski definition) is 5. The molecule has 20 heavy (non-hydrogen) atoms. The van der Waals surface area contributed by atoms with Crippen molar-refractivity contribution in [2.24, 2.45) is 0 Å². The molecule has 0 heterocycles. The molecule has 110 valence electrons. The molecule has 0 aliphatic carbocycles. The van der Waals surface area contributed by atoms with Crippen LogP contribution in [0, 0.1) is 0 Å². The average Bonchev–Trinajstić information content (AvgIpc) is 2.38. The van der Waals surface area contributed by atoms with Gasteiger partial charge < -0.3 is 9.84 Å². The summed E-state index contributed by atoms with van der Waals surface area (Å²) in [6.07, 6.45) is 0. The molecule has 1 aromatic rings. The third kappa shape index (κ3) is 4.04. The van der Waals surface area contributed by atoms with E-state index in [4.69, 9.17) is 9.84 Å². The summed E-state index contributed by atoms with van der Waals surface area (Å²) in [7, 11) is -3.91. The first-order chi connectivity index (χ1) is 9.27. The Hall–Kier alpha value is -1.93. The van der Waals surface area contributed by atoms with E-state index in [9.17, 15) is 18.0 Å². The highest BCUT2D eigenvalue weighted by Gasteiger charge is 2.23. The van der Waals surface area contributed by atoms with Crippen molar-refractivity contribution in [2.45, 2.75) is 24.8 Å². The summed E-state index contributed by atoms with van der Waals surface area (Å²) in [5, 5.41) is 8.73. The van der Waals surface area contributed by atoms with Crippen LogP contribution in [0.2, 0.25) is 0 Å². The number of aromatic carboxylic acids is 1. The minimum absolute atomic E-state index is 0.0256. The van der Waals surface area contributed by atoms with Gasteiger partial charge in [-0.25, -0.2) is 13.2 Å². The molecule has 0 radical (unpaired) electrons. The summed E-state index contributed by atoms with van der Waals surface area (Å²) in [4.78, 5) is 21.9. The predicted octanol–water partition coefficient (Wildman–Crippen LogP) is 0.615. The number of carboxylic acid groups (broad SMARTS) is 1. The molecule has 0 fully saturated rings. The van der Waals surface area contributed by atoms with E-state index in [1.54, 1.807) is 6.92 Å². The Balaban J connectivity index is 2.88. The van der Waals surface area contributed by atoms with Crippen molar-refractivity contribution in [1.82, 2.24) is 4.72 Å². The Morgan fingerprint density at radius 3 is 2.30 bits per heavy atom. The van der Waals surface area contributed by atoms with Crippen molar-refractivity contribution in [3.05, 3.63) is 29.8 Å². The number of carbonyl (C=O) groups is 2. The van der Waals surface area contributed by atoms with Crippen LogP contribution < -0.4 is 4.72 Å². The molecule has 0 aromatic heterocycles. The first-order valence-corrected chi connectivity index (χ1v) is 7.28. The van der Waals surface area contributed by atoms with Gasteiger partial charge in [-0.05, 0) is 38.1 Å². The molecule has 0 saturated carbocycles. The van der Waals surface area contributed by atoms with Gasteiger partial charge in [-0.1, -0.05) is 0 Å². The fourth-order valence-electron chi connectivity index (χ4n) is 1.39. The zero-order chi connectivity index (χ0) is 15.3. The van der Waals surface area contributed by atoms with Crippen LogP contribution in [0.4, 0.5) is 0 Å². The average molecular weight is 301 g/mol. The number of esters is 1. The monoisotopic (exact) mass is 301 g/mol. The van der Waals surface area contributed by atoms with Crippen molar-refractivity contribution in [3.63, 3.8) is 0 Å². The van der Waals surface area contributed by atoms with Gasteiger partial charge in [-0.15, -0.1) is 0 Å². The summed E-state index contributed by atoms with van der Waals surface area (Å²) in [5.74, 6) is -1.83. The lowest BCUT2D eigenvalue weighted by atomic mass is 10.2. The smallest absolute Gasteiger partial charge is 0.335 e. The van der Waals surface area contributed by atoms with Crippen LogP contribution in [0.3, 0.4) is 0 Å². The summed E-state index contributed by atoms with van der Waals surface area (Å²) in [5.41, 5.74) is -0.0256. The van der Waals surface area contributed by atoms with E-state index in [2.05, 4.69) is 4.72 Å². The molecule has 0 spiro atoms. The molecule has 1 rings (SSSR count). The van der Waals surface area contributed by atoms with Crippen molar-refractivity contribution in [1.29, 1.82) is 0 Å². The quantitative estimate of drug-likeness (QED) is 0.745. The van der Waals surface area contributed by atoms with Crippen molar-refractivity contribution >= 4 is 22.0 Å². The third-order valence-corrected chi connectivity index (χ3v) is 3.94. The van der Waals surface area contributed by atoms with Crippen molar-refractivity contribution in [3.8, 4) is 0 Å². The van der Waals surface area contributed by atoms with E-state index in [0.717, 1.165) is 12.1 Å². The molecule has 0 saturated heterocycles. The summed E-state index contributed by atoms with van der Waals surface area (Å²) >= 11 is 0. The summed E-state index contributed by atoms with van der Waals surface area (Å²) in [6, 6.07) is 3.63. The van der Waals surface area contributed by atoms with Gasteiger partial charge in [-0.2, -0.15) is 4.72 Å². The number of carboxylic acids is 1. The zero-order valence-electron chi connectivity index (χ0n) is 11.0. The molecular formula is C12H15NO6S. The Morgan fingerprint density at radius 2 is 1.85 bits per heavy atom. The molecule has 0 amide bonds. The minimum Gasteiger partial charge on any atom is -0.478 e. The molecule has 0 bridgehead atoms. The van der Waals surface area contributed by atoms with E-state index in [1.165, 1.54) is 19.1 Å². The number of nitrogens with one attached hydrogen (secondary N) is 1. The van der Waals surface area contributed by atoms with Crippen LogP contribution in [0.5, 0.6) is 0 Å². The van der Waals surface area contributed by atoms with Crippen molar-refractivity contribution in [2.75, 3.05) is 6.61 Å². The Bertz CT molecular complexity index is 593. The van der Waals surface area contributed by atoms with Crippen LogP contribution >= 0.6 is 0 Å². The molecule has 2 N–H and O–H groups in total. The first-order valence-electron chi connectivity index (χ1n) is 5.80. The van der Waals surface area contributed by atoms with Gasteiger partial charge in [0.25, 0.3) is 0 Å². The number of rotatable bonds is 6. The van der Waals surface area contributed by atoms with Gasteiger partial charge in [0, 0.05) is 0 Å². The van der Waals surface area contributed by atoms with Gasteiger partial charge in [0.05, 0.1) is 17.1 Å². The highest BCUT2D eigenvalue weighted by atomic mass is 32.2. The predicted molar refractivity (Wildman–Crippen MR) is 69.8 cm³/mol. The van der Waals surface area contributed by atoms with Gasteiger partial charge >= 0.3 is 11.9 Å². The number of benzene rings is 1. The molecule has 0 aliphatic rings. The van der Waals surface area contributed by atoms with Crippen LogP contribution in [-0.2, 0) is 19.6 Å². The SMILES string of the molecule is CCOC(=O)C(C)NS(=O)(=O)c1ccc(C(=O)O)cc1. The highest BCUT2D eigenvalue weighted by Crippen LogP contribution is 2.11. The lowest BCUT2D eigenvalue weighted by Crippen LogP contribution is -2.39.